The molecular weight excluding hydrogens is 294 g/mol. The smallest absolute Gasteiger partial charge is 0.248 e. The third-order valence-electron chi connectivity index (χ3n) is 3.59. The topological polar surface area (TPSA) is 72.3 Å². The average molecular weight is 312 g/mol. The maximum absolute atomic E-state index is 11.1. The molecule has 1 fully saturated rings. The molecule has 4 nitrogen and oxygen atoms in total. The maximum atomic E-state index is 11.1. The quantitative estimate of drug-likeness (QED) is 0.873. The van der Waals surface area contributed by atoms with E-state index in [-0.39, 0.29) is 6.04 Å². The molecule has 1 heterocycles. The van der Waals surface area contributed by atoms with E-state index in [0.717, 1.165) is 29.7 Å². The standard InChI is InChI=1S/C13H18BrN3O/c1-8-4-5-17(7-11(8)15)12-3-2-9(13(16)18)6-10(12)14/h2-3,6,8,11H,4-5,7,15H2,1H3,(H2,16,18). The van der Waals surface area contributed by atoms with E-state index in [1.54, 1.807) is 12.1 Å². The first-order chi connectivity index (χ1) is 8.49. The van der Waals surface area contributed by atoms with E-state index >= 15 is 0 Å². The first kappa shape index (κ1) is 13.4. The molecule has 2 unspecified atom stereocenters. The Labute approximate surface area is 115 Å². The van der Waals surface area contributed by atoms with Gasteiger partial charge in [-0.25, -0.2) is 0 Å². The maximum Gasteiger partial charge on any atom is 0.248 e. The number of halogens is 1. The highest BCUT2D eigenvalue weighted by Gasteiger charge is 2.24. The number of amides is 1. The third kappa shape index (κ3) is 2.67. The van der Waals surface area contributed by atoms with Crippen molar-refractivity contribution in [1.82, 2.24) is 0 Å². The number of hydrogen-bond acceptors (Lipinski definition) is 3. The van der Waals surface area contributed by atoms with Gasteiger partial charge < -0.3 is 16.4 Å². The van der Waals surface area contributed by atoms with Crippen LogP contribution < -0.4 is 16.4 Å². The molecule has 1 saturated heterocycles. The molecule has 1 amide bonds. The summed E-state index contributed by atoms with van der Waals surface area (Å²) in [6.45, 7) is 4.02. The molecule has 0 aliphatic carbocycles. The molecule has 0 radical (unpaired) electrons. The number of primary amides is 1. The van der Waals surface area contributed by atoms with Gasteiger partial charge in [-0.3, -0.25) is 4.79 Å². The summed E-state index contributed by atoms with van der Waals surface area (Å²) in [4.78, 5) is 13.4. The SMILES string of the molecule is CC1CCN(c2ccc(C(N)=O)cc2Br)CC1N. The number of anilines is 1. The van der Waals surface area contributed by atoms with Crippen molar-refractivity contribution in [3.05, 3.63) is 28.2 Å². The van der Waals surface area contributed by atoms with Gasteiger partial charge in [0.25, 0.3) is 0 Å². The van der Waals surface area contributed by atoms with E-state index in [1.165, 1.54) is 0 Å². The predicted molar refractivity (Wildman–Crippen MR) is 76.6 cm³/mol. The van der Waals surface area contributed by atoms with Gasteiger partial charge in [-0.1, -0.05) is 6.92 Å². The molecule has 0 saturated carbocycles. The van der Waals surface area contributed by atoms with Crippen LogP contribution in [0.2, 0.25) is 0 Å². The molecule has 5 heteroatoms. The van der Waals surface area contributed by atoms with Crippen molar-refractivity contribution in [3.8, 4) is 0 Å². The van der Waals surface area contributed by atoms with E-state index in [0.29, 0.717) is 11.5 Å². The summed E-state index contributed by atoms with van der Waals surface area (Å²) >= 11 is 3.50. The van der Waals surface area contributed by atoms with Crippen LogP contribution in [0.15, 0.2) is 22.7 Å². The first-order valence-electron chi connectivity index (χ1n) is 6.09. The van der Waals surface area contributed by atoms with Crippen LogP contribution in [0.3, 0.4) is 0 Å². The van der Waals surface area contributed by atoms with Crippen LogP contribution >= 0.6 is 15.9 Å². The second-order valence-electron chi connectivity index (χ2n) is 4.91. The van der Waals surface area contributed by atoms with E-state index in [2.05, 4.69) is 27.8 Å². The lowest BCUT2D eigenvalue weighted by molar-refractivity contribution is 0.100. The molecule has 2 rings (SSSR count). The predicted octanol–water partition coefficient (Wildman–Crippen LogP) is 1.72. The lowest BCUT2D eigenvalue weighted by Gasteiger charge is -2.37. The van der Waals surface area contributed by atoms with Crippen LogP contribution in [-0.2, 0) is 0 Å². The molecule has 4 N–H and O–H groups in total. The number of nitrogens with zero attached hydrogens (tertiary/aromatic N) is 1. The van der Waals surface area contributed by atoms with E-state index in [1.807, 2.05) is 6.07 Å². The lowest BCUT2D eigenvalue weighted by Crippen LogP contribution is -2.47. The van der Waals surface area contributed by atoms with Crippen molar-refractivity contribution >= 4 is 27.5 Å². The van der Waals surface area contributed by atoms with Gasteiger partial charge in [0.15, 0.2) is 0 Å². The Hall–Kier alpha value is -1.07. The number of hydrogen-bond donors (Lipinski definition) is 2. The van der Waals surface area contributed by atoms with Crippen LogP contribution in [0.1, 0.15) is 23.7 Å². The molecule has 1 aliphatic heterocycles. The molecule has 0 aromatic heterocycles. The zero-order chi connectivity index (χ0) is 13.3. The average Bonchev–Trinajstić information content (AvgIpc) is 2.32. The van der Waals surface area contributed by atoms with Crippen molar-refractivity contribution < 1.29 is 4.79 Å². The van der Waals surface area contributed by atoms with Crippen molar-refractivity contribution in [2.75, 3.05) is 18.0 Å². The number of rotatable bonds is 2. The normalized spacial score (nSPS) is 24.1. The zero-order valence-corrected chi connectivity index (χ0v) is 12.0. The van der Waals surface area contributed by atoms with Gasteiger partial charge in [0.2, 0.25) is 5.91 Å². The fourth-order valence-corrected chi connectivity index (χ4v) is 2.86. The molecule has 0 spiro atoms. The summed E-state index contributed by atoms with van der Waals surface area (Å²) < 4.78 is 0.889. The molecular formula is C13H18BrN3O. The summed E-state index contributed by atoms with van der Waals surface area (Å²) in [7, 11) is 0. The van der Waals surface area contributed by atoms with Crippen molar-refractivity contribution in [2.45, 2.75) is 19.4 Å². The fraction of sp³-hybridized carbons (Fsp3) is 0.462. The zero-order valence-electron chi connectivity index (χ0n) is 10.4. The number of nitrogens with two attached hydrogens (primary N) is 2. The molecule has 0 bridgehead atoms. The summed E-state index contributed by atoms with van der Waals surface area (Å²) in [6.07, 6.45) is 1.09. The van der Waals surface area contributed by atoms with Crippen LogP contribution in [0.4, 0.5) is 5.69 Å². The Morgan fingerprint density at radius 2 is 2.22 bits per heavy atom. The summed E-state index contributed by atoms with van der Waals surface area (Å²) in [5, 5.41) is 0. The van der Waals surface area contributed by atoms with Gasteiger partial charge in [-0.15, -0.1) is 0 Å². The molecule has 2 atom stereocenters. The van der Waals surface area contributed by atoms with Gasteiger partial charge in [0, 0.05) is 29.2 Å². The van der Waals surface area contributed by atoms with Crippen LogP contribution in [-0.4, -0.2) is 25.0 Å². The largest absolute Gasteiger partial charge is 0.369 e. The Morgan fingerprint density at radius 3 is 2.78 bits per heavy atom. The molecule has 18 heavy (non-hydrogen) atoms. The number of carbonyl (C=O) groups is 1. The van der Waals surface area contributed by atoms with Crippen molar-refractivity contribution in [2.24, 2.45) is 17.4 Å². The van der Waals surface area contributed by atoms with Crippen molar-refractivity contribution in [3.63, 3.8) is 0 Å². The minimum atomic E-state index is -0.411. The second kappa shape index (κ2) is 5.28. The monoisotopic (exact) mass is 311 g/mol. The Morgan fingerprint density at radius 1 is 1.50 bits per heavy atom. The van der Waals surface area contributed by atoms with Crippen LogP contribution in [0.5, 0.6) is 0 Å². The minimum Gasteiger partial charge on any atom is -0.369 e. The number of carbonyl (C=O) groups excluding carboxylic acids is 1. The molecule has 1 aromatic rings. The highest BCUT2D eigenvalue weighted by molar-refractivity contribution is 9.10. The lowest BCUT2D eigenvalue weighted by atomic mass is 9.94. The van der Waals surface area contributed by atoms with E-state index in [4.69, 9.17) is 11.5 Å². The van der Waals surface area contributed by atoms with Crippen molar-refractivity contribution in [1.29, 1.82) is 0 Å². The minimum absolute atomic E-state index is 0.196. The number of piperidine rings is 1. The first-order valence-corrected chi connectivity index (χ1v) is 6.88. The highest BCUT2D eigenvalue weighted by Crippen LogP contribution is 2.30. The summed E-state index contributed by atoms with van der Waals surface area (Å²) in [6, 6.07) is 5.64. The van der Waals surface area contributed by atoms with Gasteiger partial charge in [0.1, 0.15) is 0 Å². The highest BCUT2D eigenvalue weighted by atomic mass is 79.9. The third-order valence-corrected chi connectivity index (χ3v) is 4.22. The van der Waals surface area contributed by atoms with Crippen LogP contribution in [0, 0.1) is 5.92 Å². The molecule has 1 aromatic carbocycles. The summed E-state index contributed by atoms with van der Waals surface area (Å²) in [5.41, 5.74) is 12.9. The Balaban J connectivity index is 2.21. The molecule has 98 valence electrons. The fourth-order valence-electron chi connectivity index (χ4n) is 2.23. The second-order valence-corrected chi connectivity index (χ2v) is 5.76. The van der Waals surface area contributed by atoms with Gasteiger partial charge >= 0.3 is 0 Å². The van der Waals surface area contributed by atoms with Gasteiger partial charge in [0.05, 0.1) is 5.69 Å². The van der Waals surface area contributed by atoms with Gasteiger partial charge in [-0.2, -0.15) is 0 Å². The Bertz CT molecular complexity index is 464. The van der Waals surface area contributed by atoms with E-state index < -0.39 is 5.91 Å². The van der Waals surface area contributed by atoms with E-state index in [9.17, 15) is 4.79 Å². The van der Waals surface area contributed by atoms with Crippen LogP contribution in [0.25, 0.3) is 0 Å². The molecule has 1 aliphatic rings. The summed E-state index contributed by atoms with van der Waals surface area (Å²) in [5.74, 6) is 0.149. The number of benzene rings is 1. The Kier molecular flexibility index (Phi) is 3.92. The van der Waals surface area contributed by atoms with Gasteiger partial charge in [-0.05, 0) is 46.5 Å².